The molecule has 2 fully saturated rings. The molecule has 0 saturated carbocycles. The number of piperazine rings is 2. The minimum absolute atomic E-state index is 0.565. The summed E-state index contributed by atoms with van der Waals surface area (Å²) in [5, 5.41) is 11.6. The van der Waals surface area contributed by atoms with Gasteiger partial charge in [-0.05, 0) is 156 Å². The Morgan fingerprint density at radius 1 is 0.486 bits per heavy atom. The van der Waals surface area contributed by atoms with Crippen LogP contribution in [0.1, 0.15) is 33.8 Å². The van der Waals surface area contributed by atoms with Gasteiger partial charge in [0.25, 0.3) is 0 Å². The normalized spacial score (nSPS) is 12.8. The minimum Gasteiger partial charge on any atom is -0.384 e. The second kappa shape index (κ2) is 27.7. The molecule has 374 valence electrons. The van der Waals surface area contributed by atoms with E-state index in [0.29, 0.717) is 16.0 Å². The number of aryl methyl sites for hydroxylation is 6. The van der Waals surface area contributed by atoms with Crippen molar-refractivity contribution in [1.82, 2.24) is 63.8 Å². The van der Waals surface area contributed by atoms with Gasteiger partial charge in [0.2, 0.25) is 0 Å². The minimum atomic E-state index is 0.565. The van der Waals surface area contributed by atoms with Crippen LogP contribution in [-0.4, -0.2) is 126 Å². The zero-order chi connectivity index (χ0) is 51.2. The topological polar surface area (TPSA) is 190 Å². The molecule has 0 radical (unpaired) electrons. The zero-order valence-electron chi connectivity index (χ0n) is 41.5. The predicted octanol–water partition coefficient (Wildman–Crippen LogP) is 7.29. The number of anilines is 5. The summed E-state index contributed by atoms with van der Waals surface area (Å²) in [5.74, 6) is 2.19. The van der Waals surface area contributed by atoms with Crippen LogP contribution in [0.4, 0.5) is 28.8 Å². The number of hydrogen-bond donors (Lipinski definition) is 4. The lowest BCUT2D eigenvalue weighted by Gasteiger charge is -2.37. The number of hydrogen-bond acceptors (Lipinski definition) is 15. The van der Waals surface area contributed by atoms with Crippen LogP contribution in [0, 0.1) is 41.5 Å². The van der Waals surface area contributed by atoms with Gasteiger partial charge < -0.3 is 36.4 Å². The maximum Gasteiger partial charge on any atom is 0.190 e. The number of imidazole rings is 3. The molecular formula is C51H62N18S3. The predicted molar refractivity (Wildman–Crippen MR) is 301 cm³/mol. The average Bonchev–Trinajstić information content (AvgIpc) is 4.21. The Morgan fingerprint density at radius 3 is 1.32 bits per heavy atom. The number of pyridine rings is 5. The third kappa shape index (κ3) is 17.7. The van der Waals surface area contributed by atoms with Crippen molar-refractivity contribution in [2.75, 3.05) is 78.5 Å². The van der Waals surface area contributed by atoms with E-state index >= 15 is 0 Å². The van der Waals surface area contributed by atoms with E-state index in [0.717, 1.165) is 91.8 Å². The number of nitrogens with one attached hydrogen (secondary N) is 3. The Morgan fingerprint density at radius 2 is 0.903 bits per heavy atom. The monoisotopic (exact) mass is 1020 g/mol. The Kier molecular flexibility index (Phi) is 20.7. The van der Waals surface area contributed by atoms with Crippen LogP contribution in [0.3, 0.4) is 0 Å². The Bertz CT molecular complexity index is 2760. The Labute approximate surface area is 437 Å². The second-order valence-electron chi connectivity index (χ2n) is 16.7. The molecule has 2 aliphatic rings. The highest BCUT2D eigenvalue weighted by Gasteiger charge is 2.19. The largest absolute Gasteiger partial charge is 0.384 e. The van der Waals surface area contributed by atoms with Crippen LogP contribution < -0.4 is 31.5 Å². The number of nitrogens with zero attached hydrogens (tertiary/aromatic N) is 14. The van der Waals surface area contributed by atoms with Crippen molar-refractivity contribution < 1.29 is 0 Å². The highest BCUT2D eigenvalue weighted by atomic mass is 32.1. The second-order valence-corrected chi connectivity index (χ2v) is 17.9. The fourth-order valence-electron chi connectivity index (χ4n) is 7.50. The van der Waals surface area contributed by atoms with Crippen LogP contribution >= 0.6 is 36.7 Å². The van der Waals surface area contributed by atoms with Gasteiger partial charge in [-0.25, -0.2) is 29.9 Å². The maximum atomic E-state index is 5.54. The van der Waals surface area contributed by atoms with Crippen LogP contribution in [0.15, 0.2) is 142 Å². The molecule has 0 spiro atoms. The van der Waals surface area contributed by atoms with Gasteiger partial charge in [0.05, 0.1) is 0 Å². The summed E-state index contributed by atoms with van der Waals surface area (Å²) in [5.41, 5.74) is 14.4. The number of thiocarbonyl (C=S) groups is 3. The van der Waals surface area contributed by atoms with Crippen molar-refractivity contribution in [1.29, 1.82) is 0 Å². The molecule has 0 bridgehead atoms. The molecule has 2 aliphatic heterocycles. The number of nitrogens with two attached hydrogens (primary N) is 1. The van der Waals surface area contributed by atoms with Crippen LogP contribution in [-0.2, 0) is 0 Å². The molecular weight excluding hydrogens is 961 g/mol. The van der Waals surface area contributed by atoms with Gasteiger partial charge in [-0.15, -0.1) is 0 Å². The summed E-state index contributed by atoms with van der Waals surface area (Å²) in [6, 6.07) is 20.1. The number of aromatic nitrogens is 11. The van der Waals surface area contributed by atoms with Gasteiger partial charge in [-0.3, -0.25) is 23.7 Å². The summed E-state index contributed by atoms with van der Waals surface area (Å²) in [6.45, 7) is 20.1. The van der Waals surface area contributed by atoms with E-state index in [4.69, 9.17) is 42.4 Å². The van der Waals surface area contributed by atoms with Crippen molar-refractivity contribution in [2.45, 2.75) is 41.5 Å². The SMILES string of the molecule is Cc1cc(C)nc(N)c1.Cc1cc(C)nc(NC(=S)N2CCN(c3ccncc3)CC2)c1.Cc1cc(C)nc(NC(=S)n2ccnc2)c1.S=C(n1ccnc1)n1ccnc1.c1cc(N2CCNCC2)ccn1. The van der Waals surface area contributed by atoms with Gasteiger partial charge in [0, 0.05) is 143 Å². The smallest absolute Gasteiger partial charge is 0.190 e. The molecule has 0 unspecified atom stereocenters. The molecule has 10 heterocycles. The van der Waals surface area contributed by atoms with E-state index in [9.17, 15) is 0 Å². The first kappa shape index (κ1) is 53.8. The van der Waals surface area contributed by atoms with Gasteiger partial charge in [-0.2, -0.15) is 0 Å². The molecule has 0 atom stereocenters. The van der Waals surface area contributed by atoms with Crippen LogP contribution in [0.5, 0.6) is 0 Å². The zero-order valence-corrected chi connectivity index (χ0v) is 43.9. The fraction of sp³-hybridized carbons (Fsp3) is 0.275. The van der Waals surface area contributed by atoms with E-state index in [1.807, 2.05) is 102 Å². The molecule has 10 rings (SSSR count). The maximum absolute atomic E-state index is 5.54. The molecule has 2 saturated heterocycles. The van der Waals surface area contributed by atoms with E-state index in [1.165, 1.54) is 22.5 Å². The number of rotatable bonds is 4. The quantitative estimate of drug-likeness (QED) is 0.129. The molecule has 72 heavy (non-hydrogen) atoms. The first-order valence-electron chi connectivity index (χ1n) is 23.3. The lowest BCUT2D eigenvalue weighted by atomic mass is 10.2. The average molecular weight is 1020 g/mol. The molecule has 5 N–H and O–H groups in total. The van der Waals surface area contributed by atoms with Crippen molar-refractivity contribution in [3.05, 3.63) is 175 Å². The van der Waals surface area contributed by atoms with Crippen LogP contribution in [0.2, 0.25) is 0 Å². The fourth-order valence-corrected chi connectivity index (χ4v) is 8.22. The van der Waals surface area contributed by atoms with E-state index in [1.54, 1.807) is 69.9 Å². The van der Waals surface area contributed by atoms with Crippen LogP contribution in [0.25, 0.3) is 0 Å². The third-order valence-corrected chi connectivity index (χ3v) is 11.8. The molecule has 0 amide bonds. The summed E-state index contributed by atoms with van der Waals surface area (Å²) in [4.78, 5) is 39.6. The molecule has 8 aromatic rings. The Hall–Kier alpha value is -7.59. The van der Waals surface area contributed by atoms with E-state index < -0.39 is 0 Å². The van der Waals surface area contributed by atoms with Crippen molar-refractivity contribution in [2.24, 2.45) is 0 Å². The van der Waals surface area contributed by atoms with E-state index in [-0.39, 0.29) is 0 Å². The molecule has 8 aromatic heterocycles. The third-order valence-electron chi connectivity index (χ3n) is 10.7. The van der Waals surface area contributed by atoms with Crippen molar-refractivity contribution in [3.63, 3.8) is 0 Å². The van der Waals surface area contributed by atoms with Gasteiger partial charge in [-0.1, -0.05) is 0 Å². The van der Waals surface area contributed by atoms with Gasteiger partial charge in [0.1, 0.15) is 36.4 Å². The Balaban J connectivity index is 0.000000153. The highest BCUT2D eigenvalue weighted by molar-refractivity contribution is 7.80. The summed E-state index contributed by atoms with van der Waals surface area (Å²) >= 11 is 15.9. The molecule has 21 heteroatoms. The molecule has 18 nitrogen and oxygen atoms in total. The van der Waals surface area contributed by atoms with Gasteiger partial charge >= 0.3 is 0 Å². The lowest BCUT2D eigenvalue weighted by molar-refractivity contribution is 0.391. The first-order chi connectivity index (χ1) is 34.8. The molecule has 0 aromatic carbocycles. The van der Waals surface area contributed by atoms with E-state index in [2.05, 4.69) is 95.6 Å². The lowest BCUT2D eigenvalue weighted by Crippen LogP contribution is -2.50. The van der Waals surface area contributed by atoms with Crippen molar-refractivity contribution in [3.8, 4) is 0 Å². The van der Waals surface area contributed by atoms with Gasteiger partial charge in [0.15, 0.2) is 15.3 Å². The van der Waals surface area contributed by atoms with Crippen molar-refractivity contribution >= 4 is 80.8 Å². The first-order valence-corrected chi connectivity index (χ1v) is 24.5. The summed E-state index contributed by atoms with van der Waals surface area (Å²) in [7, 11) is 0. The summed E-state index contributed by atoms with van der Waals surface area (Å²) in [6.07, 6.45) is 22.7. The standard InChI is InChI=1S/C17H21N5S.C11H12N4S.C9H13N3.C7H6N4S.C7H10N2/c1-13-11-14(2)19-16(12-13)20-17(23)22-9-7-21(8-10-22)15-3-5-18-6-4-15;1-8-5-9(2)13-10(6-8)14-11(16)15-4-3-12-7-15;1-3-10-4-2-9(1)12-7-5-11-6-8-12;12-7(10-3-1-8-5-10)11-4-2-9-6-11;1-5-3-6(2)9-7(8)4-5/h3-6,11-12H,7-10H2,1-2H3,(H,19,20,23);3-7H,1-2H3,(H,13,14,16);1-4,11H,5-8H2;1-6H;3-4H,1-2H3,(H2,8,9). The highest BCUT2D eigenvalue weighted by Crippen LogP contribution is 2.17. The molecule has 0 aliphatic carbocycles. The number of nitrogen functional groups attached to an aromatic ring is 1. The summed E-state index contributed by atoms with van der Waals surface area (Å²) < 4.78 is 5.22.